The zero-order valence-electron chi connectivity index (χ0n) is 17.5. The number of hydrogen-bond donors (Lipinski definition) is 1. The van der Waals surface area contributed by atoms with Gasteiger partial charge in [-0.3, -0.25) is 9.69 Å². The maximum absolute atomic E-state index is 13.5. The highest BCUT2D eigenvalue weighted by Crippen LogP contribution is 2.31. The van der Waals surface area contributed by atoms with Crippen LogP contribution >= 0.6 is 11.3 Å². The average Bonchev–Trinajstić information content (AvgIpc) is 3.24. The van der Waals surface area contributed by atoms with Gasteiger partial charge in [-0.2, -0.15) is 0 Å². The molecule has 0 saturated carbocycles. The van der Waals surface area contributed by atoms with Gasteiger partial charge in [-0.05, 0) is 42.3 Å². The van der Waals surface area contributed by atoms with Crippen molar-refractivity contribution < 1.29 is 19.2 Å². The number of quaternary nitrogens is 1. The predicted octanol–water partition coefficient (Wildman–Crippen LogP) is 2.43. The number of anilines is 1. The van der Waals surface area contributed by atoms with Crippen LogP contribution in [0, 0.1) is 0 Å². The van der Waals surface area contributed by atoms with E-state index in [4.69, 9.17) is 14.5 Å². The molecule has 3 aromatic rings. The molecular formula is C23H28N3O3S+. The lowest BCUT2D eigenvalue weighted by molar-refractivity contribution is -0.906. The van der Waals surface area contributed by atoms with E-state index in [0.29, 0.717) is 12.1 Å². The first-order chi connectivity index (χ1) is 14.7. The number of hydrogen-bond acceptors (Lipinski definition) is 5. The summed E-state index contributed by atoms with van der Waals surface area (Å²) in [7, 11) is 1.63. The minimum atomic E-state index is -0.0255. The second kappa shape index (κ2) is 9.55. The van der Waals surface area contributed by atoms with Gasteiger partial charge in [0.2, 0.25) is 0 Å². The molecule has 30 heavy (non-hydrogen) atoms. The van der Waals surface area contributed by atoms with Gasteiger partial charge in [0.25, 0.3) is 5.91 Å². The molecule has 2 aromatic carbocycles. The molecule has 1 saturated heterocycles. The van der Waals surface area contributed by atoms with Crippen LogP contribution in [0.15, 0.2) is 42.5 Å². The monoisotopic (exact) mass is 426 g/mol. The van der Waals surface area contributed by atoms with Crippen molar-refractivity contribution in [1.29, 1.82) is 0 Å². The van der Waals surface area contributed by atoms with Crippen molar-refractivity contribution in [1.82, 2.24) is 4.98 Å². The highest BCUT2D eigenvalue weighted by Gasteiger charge is 2.24. The van der Waals surface area contributed by atoms with Gasteiger partial charge in [-0.15, -0.1) is 0 Å². The predicted molar refractivity (Wildman–Crippen MR) is 120 cm³/mol. The van der Waals surface area contributed by atoms with Gasteiger partial charge in [0.05, 0.1) is 43.6 Å². The molecule has 4 rings (SSSR count). The summed E-state index contributed by atoms with van der Waals surface area (Å²) in [6.07, 6.45) is 0.921. The van der Waals surface area contributed by atoms with E-state index in [-0.39, 0.29) is 5.91 Å². The van der Waals surface area contributed by atoms with Crippen molar-refractivity contribution in [2.24, 2.45) is 0 Å². The molecule has 1 N–H and O–H groups in total. The first kappa shape index (κ1) is 20.8. The number of nitrogens with one attached hydrogen (secondary N) is 1. The summed E-state index contributed by atoms with van der Waals surface area (Å²) < 4.78 is 11.8. The number of morpholine rings is 1. The van der Waals surface area contributed by atoms with Crippen molar-refractivity contribution in [2.75, 3.05) is 51.4 Å². The number of thiazole rings is 1. The van der Waals surface area contributed by atoms with Crippen molar-refractivity contribution in [3.63, 3.8) is 0 Å². The van der Waals surface area contributed by atoms with Crippen LogP contribution in [0.4, 0.5) is 5.13 Å². The van der Waals surface area contributed by atoms with Crippen LogP contribution in [-0.2, 0) is 11.2 Å². The SMILES string of the molecule is CCc1cccc2sc(N(CC[NH+]3CCOCC3)C(=O)c3ccc(OC)cc3)nc12. The fraction of sp³-hybridized carbons (Fsp3) is 0.391. The van der Waals surface area contributed by atoms with E-state index < -0.39 is 0 Å². The number of ether oxygens (including phenoxy) is 2. The number of benzene rings is 2. The number of para-hydroxylation sites is 1. The molecule has 6 nitrogen and oxygen atoms in total. The Morgan fingerprint density at radius 3 is 2.67 bits per heavy atom. The maximum atomic E-state index is 13.5. The fourth-order valence-corrected chi connectivity index (χ4v) is 4.79. The van der Waals surface area contributed by atoms with Gasteiger partial charge in [-0.1, -0.05) is 30.4 Å². The average molecular weight is 427 g/mol. The number of carbonyl (C=O) groups is 1. The Morgan fingerprint density at radius 2 is 1.97 bits per heavy atom. The Balaban J connectivity index is 1.64. The number of rotatable bonds is 7. The third-order valence-corrected chi connectivity index (χ3v) is 6.62. The van der Waals surface area contributed by atoms with Crippen LogP contribution in [0.2, 0.25) is 0 Å². The van der Waals surface area contributed by atoms with Crippen LogP contribution in [-0.4, -0.2) is 57.4 Å². The Bertz CT molecular complexity index is 997. The van der Waals surface area contributed by atoms with Crippen molar-refractivity contribution in [3.05, 3.63) is 53.6 Å². The highest BCUT2D eigenvalue weighted by molar-refractivity contribution is 7.22. The van der Waals surface area contributed by atoms with Crippen LogP contribution in [0.3, 0.4) is 0 Å². The van der Waals surface area contributed by atoms with Gasteiger partial charge < -0.3 is 14.4 Å². The largest absolute Gasteiger partial charge is 0.497 e. The number of carbonyl (C=O) groups excluding carboxylic acids is 1. The summed E-state index contributed by atoms with van der Waals surface area (Å²) in [4.78, 5) is 21.7. The van der Waals surface area contributed by atoms with Gasteiger partial charge in [0.1, 0.15) is 18.8 Å². The summed E-state index contributed by atoms with van der Waals surface area (Å²) >= 11 is 1.59. The topological polar surface area (TPSA) is 56.1 Å². The van der Waals surface area contributed by atoms with Gasteiger partial charge in [0, 0.05) is 5.56 Å². The van der Waals surface area contributed by atoms with E-state index in [1.54, 1.807) is 18.4 Å². The van der Waals surface area contributed by atoms with Crippen molar-refractivity contribution in [3.8, 4) is 5.75 Å². The first-order valence-electron chi connectivity index (χ1n) is 10.4. The smallest absolute Gasteiger partial charge is 0.260 e. The maximum Gasteiger partial charge on any atom is 0.260 e. The molecule has 2 heterocycles. The van der Waals surface area contributed by atoms with Crippen LogP contribution < -0.4 is 14.5 Å². The normalized spacial score (nSPS) is 14.7. The molecule has 7 heteroatoms. The molecule has 0 bridgehead atoms. The second-order valence-electron chi connectivity index (χ2n) is 7.41. The van der Waals surface area contributed by atoms with E-state index in [0.717, 1.165) is 60.4 Å². The minimum absolute atomic E-state index is 0.0255. The standard InChI is InChI=1S/C23H27N3O3S/c1-3-17-5-4-6-20-21(17)24-23(30-20)26(12-11-25-13-15-29-16-14-25)22(27)18-7-9-19(28-2)10-8-18/h4-10H,3,11-16H2,1-2H3/p+1. The second-order valence-corrected chi connectivity index (χ2v) is 8.42. The zero-order chi connectivity index (χ0) is 20.9. The summed E-state index contributed by atoms with van der Waals surface area (Å²) in [6.45, 7) is 7.15. The first-order valence-corrected chi connectivity index (χ1v) is 11.3. The van der Waals surface area contributed by atoms with E-state index in [2.05, 4.69) is 25.1 Å². The molecule has 158 valence electrons. The summed E-state index contributed by atoms with van der Waals surface area (Å²) in [5.41, 5.74) is 2.86. The lowest BCUT2D eigenvalue weighted by atomic mass is 10.1. The summed E-state index contributed by atoms with van der Waals surface area (Å²) in [5, 5.41) is 0.763. The Kier molecular flexibility index (Phi) is 6.62. The van der Waals surface area contributed by atoms with Gasteiger partial charge in [-0.25, -0.2) is 4.98 Å². The summed E-state index contributed by atoms with van der Waals surface area (Å²) in [5.74, 6) is 0.714. The minimum Gasteiger partial charge on any atom is -0.497 e. The molecular weight excluding hydrogens is 398 g/mol. The number of aromatic nitrogens is 1. The molecule has 1 amide bonds. The molecule has 1 aromatic heterocycles. The lowest BCUT2D eigenvalue weighted by Gasteiger charge is -2.27. The quantitative estimate of drug-likeness (QED) is 0.631. The van der Waals surface area contributed by atoms with E-state index >= 15 is 0 Å². The molecule has 0 unspecified atom stereocenters. The lowest BCUT2D eigenvalue weighted by Crippen LogP contribution is -3.14. The van der Waals surface area contributed by atoms with Crippen LogP contribution in [0.25, 0.3) is 10.2 Å². The molecule has 1 aliphatic rings. The Hall–Kier alpha value is -2.48. The van der Waals surface area contributed by atoms with Crippen LogP contribution in [0.1, 0.15) is 22.8 Å². The van der Waals surface area contributed by atoms with Crippen molar-refractivity contribution in [2.45, 2.75) is 13.3 Å². The molecule has 1 fully saturated rings. The van der Waals surface area contributed by atoms with Gasteiger partial charge in [0.15, 0.2) is 5.13 Å². The number of methoxy groups -OCH3 is 1. The highest BCUT2D eigenvalue weighted by atomic mass is 32.1. The zero-order valence-corrected chi connectivity index (χ0v) is 18.3. The molecule has 0 aliphatic carbocycles. The van der Waals surface area contributed by atoms with Gasteiger partial charge >= 0.3 is 0 Å². The number of amides is 1. The third kappa shape index (κ3) is 4.48. The van der Waals surface area contributed by atoms with Crippen LogP contribution in [0.5, 0.6) is 5.75 Å². The number of aryl methyl sites for hydroxylation is 1. The Labute approximate surface area is 181 Å². The molecule has 1 aliphatic heterocycles. The molecule has 0 spiro atoms. The summed E-state index contributed by atoms with van der Waals surface area (Å²) in [6, 6.07) is 13.5. The number of nitrogens with zero attached hydrogens (tertiary/aromatic N) is 2. The number of fused-ring (bicyclic) bond motifs is 1. The third-order valence-electron chi connectivity index (χ3n) is 5.57. The van der Waals surface area contributed by atoms with E-state index in [1.165, 1.54) is 10.5 Å². The van der Waals surface area contributed by atoms with E-state index in [1.807, 2.05) is 29.2 Å². The molecule has 0 atom stereocenters. The Morgan fingerprint density at radius 1 is 1.20 bits per heavy atom. The fourth-order valence-electron chi connectivity index (χ4n) is 3.75. The molecule has 0 radical (unpaired) electrons. The van der Waals surface area contributed by atoms with E-state index in [9.17, 15) is 4.79 Å². The van der Waals surface area contributed by atoms with Crippen molar-refractivity contribution >= 4 is 32.6 Å².